The Hall–Kier alpha value is -2.47. The van der Waals surface area contributed by atoms with Gasteiger partial charge >= 0.3 is 0 Å². The summed E-state index contributed by atoms with van der Waals surface area (Å²) in [4.78, 5) is 14.4. The Morgan fingerprint density at radius 3 is 2.83 bits per heavy atom. The fraction of sp³-hybridized carbons (Fsp3) is 0.389. The Labute approximate surface area is 141 Å². The average Bonchev–Trinajstić information content (AvgIpc) is 3.09. The minimum Gasteiger partial charge on any atom is -0.493 e. The number of carbonyl (C=O) groups is 1. The van der Waals surface area contributed by atoms with Gasteiger partial charge in [-0.1, -0.05) is 12.1 Å². The first-order valence-corrected chi connectivity index (χ1v) is 8.05. The molecule has 3 rings (SSSR count). The molecule has 24 heavy (non-hydrogen) atoms. The normalized spacial score (nSPS) is 17.6. The molecule has 2 aromatic rings. The van der Waals surface area contributed by atoms with E-state index >= 15 is 0 Å². The lowest BCUT2D eigenvalue weighted by Gasteiger charge is -2.33. The number of hydrogen-bond acceptors (Lipinski definition) is 5. The molecule has 1 saturated heterocycles. The molecule has 0 radical (unpaired) electrons. The van der Waals surface area contributed by atoms with Crippen LogP contribution in [0.3, 0.4) is 0 Å². The summed E-state index contributed by atoms with van der Waals surface area (Å²) in [7, 11) is 1.60. The van der Waals surface area contributed by atoms with Crippen LogP contribution in [0.2, 0.25) is 0 Å². The molecule has 6 nitrogen and oxygen atoms in total. The third-order valence-corrected chi connectivity index (χ3v) is 4.07. The predicted molar refractivity (Wildman–Crippen MR) is 89.4 cm³/mol. The maximum absolute atomic E-state index is 12.5. The van der Waals surface area contributed by atoms with Gasteiger partial charge < -0.3 is 24.1 Å². The molecule has 0 spiro atoms. The van der Waals surface area contributed by atoms with Gasteiger partial charge in [0.1, 0.15) is 12.4 Å². The van der Waals surface area contributed by atoms with E-state index in [-0.39, 0.29) is 18.6 Å². The minimum absolute atomic E-state index is 0.0764. The highest BCUT2D eigenvalue weighted by molar-refractivity contribution is 5.91. The zero-order valence-corrected chi connectivity index (χ0v) is 14.0. The summed E-state index contributed by atoms with van der Waals surface area (Å²) in [6.07, 6.45) is 0. The molecule has 1 aliphatic heterocycles. The van der Waals surface area contributed by atoms with Gasteiger partial charge in [0.05, 0.1) is 7.11 Å². The highest BCUT2D eigenvalue weighted by atomic mass is 16.5. The van der Waals surface area contributed by atoms with Crippen molar-refractivity contribution in [2.45, 2.75) is 19.6 Å². The molecule has 1 N–H and O–H groups in total. The first-order chi connectivity index (χ1) is 11.7. The van der Waals surface area contributed by atoms with Crippen LogP contribution in [0.1, 0.15) is 23.2 Å². The lowest BCUT2D eigenvalue weighted by atomic mass is 10.2. The number of piperazine rings is 1. The number of nitrogens with one attached hydrogen (secondary N) is 1. The van der Waals surface area contributed by atoms with Crippen molar-refractivity contribution >= 4 is 5.91 Å². The van der Waals surface area contributed by atoms with Crippen molar-refractivity contribution in [1.29, 1.82) is 0 Å². The minimum atomic E-state index is -0.0764. The second-order valence-corrected chi connectivity index (χ2v) is 5.76. The second-order valence-electron chi connectivity index (χ2n) is 5.76. The van der Waals surface area contributed by atoms with E-state index in [0.29, 0.717) is 29.6 Å². The Balaban J connectivity index is 1.64. The van der Waals surface area contributed by atoms with E-state index in [1.54, 1.807) is 19.2 Å². The molecule has 1 aromatic carbocycles. The van der Waals surface area contributed by atoms with E-state index in [1.807, 2.05) is 36.1 Å². The third kappa shape index (κ3) is 3.54. The molecule has 1 amide bonds. The maximum Gasteiger partial charge on any atom is 0.289 e. The van der Waals surface area contributed by atoms with Gasteiger partial charge in [0.25, 0.3) is 5.91 Å². The molecular weight excluding hydrogens is 308 g/mol. The van der Waals surface area contributed by atoms with E-state index in [4.69, 9.17) is 13.9 Å². The molecular formula is C18H22N2O4. The molecule has 0 saturated carbocycles. The van der Waals surface area contributed by atoms with Crippen molar-refractivity contribution < 1.29 is 18.7 Å². The predicted octanol–water partition coefficient (Wildman–Crippen LogP) is 2.30. The number of ether oxygens (including phenoxy) is 2. The van der Waals surface area contributed by atoms with Crippen molar-refractivity contribution in [2.75, 3.05) is 26.7 Å². The van der Waals surface area contributed by atoms with Crippen LogP contribution in [0.5, 0.6) is 11.5 Å². The first-order valence-electron chi connectivity index (χ1n) is 8.05. The molecule has 1 fully saturated rings. The topological polar surface area (TPSA) is 63.9 Å². The molecule has 0 bridgehead atoms. The number of carbonyl (C=O) groups excluding carboxylic acids is 1. The fourth-order valence-corrected chi connectivity index (χ4v) is 2.74. The SMILES string of the molecule is COc1ccccc1OCc1ccc(C(=O)N2CCNC[C@@H]2C)o1. The number of methoxy groups -OCH3 is 1. The van der Waals surface area contributed by atoms with E-state index in [1.165, 1.54) is 0 Å². The molecule has 0 unspecified atom stereocenters. The summed E-state index contributed by atoms with van der Waals surface area (Å²) in [5.74, 6) is 2.18. The number of para-hydroxylation sites is 2. The van der Waals surface area contributed by atoms with Crippen molar-refractivity contribution in [1.82, 2.24) is 10.2 Å². The van der Waals surface area contributed by atoms with Gasteiger partial charge in [-0.15, -0.1) is 0 Å². The van der Waals surface area contributed by atoms with Gasteiger partial charge in [0.2, 0.25) is 0 Å². The number of nitrogens with zero attached hydrogens (tertiary/aromatic N) is 1. The van der Waals surface area contributed by atoms with Gasteiger partial charge in [-0.2, -0.15) is 0 Å². The Kier molecular flexibility index (Phi) is 5.05. The zero-order valence-electron chi connectivity index (χ0n) is 14.0. The monoisotopic (exact) mass is 330 g/mol. The van der Waals surface area contributed by atoms with Crippen LogP contribution in [0.25, 0.3) is 0 Å². The van der Waals surface area contributed by atoms with E-state index in [2.05, 4.69) is 5.32 Å². The number of furan rings is 1. The first kappa shape index (κ1) is 16.4. The van der Waals surface area contributed by atoms with Gasteiger partial charge in [-0.05, 0) is 31.2 Å². The molecule has 1 atom stereocenters. The lowest BCUT2D eigenvalue weighted by molar-refractivity contribution is 0.0619. The summed E-state index contributed by atoms with van der Waals surface area (Å²) in [5, 5.41) is 3.27. The summed E-state index contributed by atoms with van der Waals surface area (Å²) >= 11 is 0. The average molecular weight is 330 g/mol. The van der Waals surface area contributed by atoms with E-state index < -0.39 is 0 Å². The van der Waals surface area contributed by atoms with E-state index in [9.17, 15) is 4.79 Å². The van der Waals surface area contributed by atoms with Gasteiger partial charge in [0, 0.05) is 25.7 Å². The van der Waals surface area contributed by atoms with Crippen LogP contribution in [-0.2, 0) is 6.61 Å². The quantitative estimate of drug-likeness (QED) is 0.911. The Morgan fingerprint density at radius 2 is 2.08 bits per heavy atom. The number of hydrogen-bond donors (Lipinski definition) is 1. The molecule has 2 heterocycles. The highest BCUT2D eigenvalue weighted by Crippen LogP contribution is 2.27. The van der Waals surface area contributed by atoms with Crippen molar-refractivity contribution in [3.05, 3.63) is 47.9 Å². The van der Waals surface area contributed by atoms with Crippen molar-refractivity contribution in [2.24, 2.45) is 0 Å². The summed E-state index contributed by atoms with van der Waals surface area (Å²) in [5.41, 5.74) is 0. The Bertz CT molecular complexity index is 698. The smallest absolute Gasteiger partial charge is 0.289 e. The van der Waals surface area contributed by atoms with Gasteiger partial charge in [0.15, 0.2) is 17.3 Å². The summed E-state index contributed by atoms with van der Waals surface area (Å²) < 4.78 is 16.6. The van der Waals surface area contributed by atoms with E-state index in [0.717, 1.165) is 13.1 Å². The van der Waals surface area contributed by atoms with Crippen LogP contribution < -0.4 is 14.8 Å². The molecule has 1 aliphatic rings. The second kappa shape index (κ2) is 7.40. The third-order valence-electron chi connectivity index (χ3n) is 4.07. The van der Waals surface area contributed by atoms with Crippen molar-refractivity contribution in [3.63, 3.8) is 0 Å². The number of amides is 1. The van der Waals surface area contributed by atoms with Crippen LogP contribution in [0.15, 0.2) is 40.8 Å². The number of rotatable bonds is 5. The van der Waals surface area contributed by atoms with Gasteiger partial charge in [-0.3, -0.25) is 4.79 Å². The lowest BCUT2D eigenvalue weighted by Crippen LogP contribution is -2.52. The molecule has 1 aromatic heterocycles. The van der Waals surface area contributed by atoms with Gasteiger partial charge in [-0.25, -0.2) is 0 Å². The molecule has 6 heteroatoms. The maximum atomic E-state index is 12.5. The fourth-order valence-electron chi connectivity index (χ4n) is 2.74. The van der Waals surface area contributed by atoms with Crippen LogP contribution in [0, 0.1) is 0 Å². The largest absolute Gasteiger partial charge is 0.493 e. The van der Waals surface area contributed by atoms with Crippen LogP contribution in [0.4, 0.5) is 0 Å². The summed E-state index contributed by atoms with van der Waals surface area (Å²) in [6, 6.07) is 11.1. The molecule has 0 aliphatic carbocycles. The zero-order chi connectivity index (χ0) is 16.9. The molecule has 128 valence electrons. The summed E-state index contributed by atoms with van der Waals surface area (Å²) in [6.45, 7) is 4.56. The van der Waals surface area contributed by atoms with Crippen LogP contribution in [-0.4, -0.2) is 43.6 Å². The van der Waals surface area contributed by atoms with Crippen LogP contribution >= 0.6 is 0 Å². The number of benzene rings is 1. The highest BCUT2D eigenvalue weighted by Gasteiger charge is 2.26. The standard InChI is InChI=1S/C18H22N2O4/c1-13-11-19-9-10-20(13)18(21)17-8-7-14(24-17)12-23-16-6-4-3-5-15(16)22-2/h3-8,13,19H,9-12H2,1-2H3/t13-/m0/s1. The van der Waals surface area contributed by atoms with Crippen molar-refractivity contribution in [3.8, 4) is 11.5 Å². The Morgan fingerprint density at radius 1 is 1.29 bits per heavy atom.